The van der Waals surface area contributed by atoms with Crippen molar-refractivity contribution in [3.8, 4) is 0 Å². The molecule has 18 heavy (non-hydrogen) atoms. The molecule has 0 heterocycles. The van der Waals surface area contributed by atoms with E-state index in [-0.39, 0.29) is 18.3 Å². The molecule has 0 aliphatic rings. The first-order valence-electron chi connectivity index (χ1n) is 5.80. The van der Waals surface area contributed by atoms with Crippen molar-refractivity contribution in [3.63, 3.8) is 0 Å². The Kier molecular flexibility index (Phi) is 5.56. The predicted octanol–water partition coefficient (Wildman–Crippen LogP) is 3.16. The number of hydrogen-bond donors (Lipinski definition) is 1. The van der Waals surface area contributed by atoms with Gasteiger partial charge in [-0.1, -0.05) is 17.7 Å². The molecule has 0 aromatic heterocycles. The van der Waals surface area contributed by atoms with Gasteiger partial charge in [0, 0.05) is 29.7 Å². The van der Waals surface area contributed by atoms with Crippen LogP contribution in [-0.4, -0.2) is 28.6 Å². The Morgan fingerprint density at radius 3 is 2.67 bits per heavy atom. The number of carbonyl (C=O) groups is 1. The normalized spacial score (nSPS) is 11.2. The van der Waals surface area contributed by atoms with E-state index in [4.69, 9.17) is 16.7 Å². The monoisotopic (exact) mass is 273 g/mol. The second-order valence-corrected chi connectivity index (χ2v) is 4.88. The molecule has 0 unspecified atom stereocenters. The van der Waals surface area contributed by atoms with Gasteiger partial charge < -0.3 is 5.11 Å². The van der Waals surface area contributed by atoms with Gasteiger partial charge in [0.2, 0.25) is 0 Å². The number of carboxylic acids is 1. The van der Waals surface area contributed by atoms with Gasteiger partial charge in [-0.05, 0) is 26.0 Å². The van der Waals surface area contributed by atoms with E-state index in [0.29, 0.717) is 23.7 Å². The third kappa shape index (κ3) is 4.63. The van der Waals surface area contributed by atoms with Crippen molar-refractivity contribution < 1.29 is 14.3 Å². The molecule has 0 amide bonds. The van der Waals surface area contributed by atoms with Crippen LogP contribution < -0.4 is 0 Å². The lowest BCUT2D eigenvalue weighted by atomic mass is 10.1. The summed E-state index contributed by atoms with van der Waals surface area (Å²) in [5.74, 6) is -1.21. The molecule has 1 aromatic carbocycles. The number of benzene rings is 1. The molecule has 1 aromatic rings. The van der Waals surface area contributed by atoms with Crippen LogP contribution in [0.3, 0.4) is 0 Å². The Morgan fingerprint density at radius 1 is 1.50 bits per heavy atom. The van der Waals surface area contributed by atoms with E-state index in [1.54, 1.807) is 12.1 Å². The summed E-state index contributed by atoms with van der Waals surface area (Å²) >= 11 is 5.69. The second-order valence-electron chi connectivity index (χ2n) is 4.44. The highest BCUT2D eigenvalue weighted by molar-refractivity contribution is 6.30. The molecule has 0 bridgehead atoms. The molecule has 0 saturated heterocycles. The van der Waals surface area contributed by atoms with E-state index < -0.39 is 5.97 Å². The summed E-state index contributed by atoms with van der Waals surface area (Å²) in [5, 5.41) is 9.04. The first kappa shape index (κ1) is 14.9. The summed E-state index contributed by atoms with van der Waals surface area (Å²) in [7, 11) is 0. The highest BCUT2D eigenvalue weighted by Gasteiger charge is 2.14. The van der Waals surface area contributed by atoms with Crippen LogP contribution in [0.1, 0.15) is 25.8 Å². The average molecular weight is 274 g/mol. The molecule has 0 aliphatic carbocycles. The van der Waals surface area contributed by atoms with Gasteiger partial charge in [-0.3, -0.25) is 9.69 Å². The van der Waals surface area contributed by atoms with E-state index in [1.807, 2.05) is 18.7 Å². The van der Waals surface area contributed by atoms with Gasteiger partial charge in [-0.15, -0.1) is 0 Å². The van der Waals surface area contributed by atoms with E-state index in [1.165, 1.54) is 6.07 Å². The van der Waals surface area contributed by atoms with Gasteiger partial charge in [0.1, 0.15) is 5.82 Å². The SMILES string of the molecule is CC(C)N(CCC(=O)O)Cc1ccc(Cl)cc1F. The molecule has 3 nitrogen and oxygen atoms in total. The fraction of sp³-hybridized carbons (Fsp3) is 0.462. The minimum atomic E-state index is -0.850. The lowest BCUT2D eigenvalue weighted by Gasteiger charge is -2.26. The predicted molar refractivity (Wildman–Crippen MR) is 69.2 cm³/mol. The van der Waals surface area contributed by atoms with E-state index in [9.17, 15) is 9.18 Å². The molecule has 1 N–H and O–H groups in total. The zero-order valence-corrected chi connectivity index (χ0v) is 11.2. The van der Waals surface area contributed by atoms with Crippen molar-refractivity contribution in [1.29, 1.82) is 0 Å². The van der Waals surface area contributed by atoms with Gasteiger partial charge in [0.15, 0.2) is 0 Å². The summed E-state index contributed by atoms with van der Waals surface area (Å²) in [4.78, 5) is 12.5. The van der Waals surface area contributed by atoms with Crippen molar-refractivity contribution in [1.82, 2.24) is 4.90 Å². The minimum absolute atomic E-state index is 0.0490. The number of halogens is 2. The van der Waals surface area contributed by atoms with E-state index >= 15 is 0 Å². The van der Waals surface area contributed by atoms with Crippen LogP contribution in [0.25, 0.3) is 0 Å². The van der Waals surface area contributed by atoms with Gasteiger partial charge >= 0.3 is 5.97 Å². The highest BCUT2D eigenvalue weighted by atomic mass is 35.5. The van der Waals surface area contributed by atoms with Crippen molar-refractivity contribution in [2.45, 2.75) is 32.9 Å². The smallest absolute Gasteiger partial charge is 0.304 e. The van der Waals surface area contributed by atoms with E-state index in [2.05, 4.69) is 0 Å². The molecule has 0 spiro atoms. The van der Waals surface area contributed by atoms with Gasteiger partial charge in [0.25, 0.3) is 0 Å². The van der Waals surface area contributed by atoms with Crippen LogP contribution in [0.2, 0.25) is 5.02 Å². The lowest BCUT2D eigenvalue weighted by molar-refractivity contribution is -0.137. The summed E-state index contributed by atoms with van der Waals surface area (Å²) in [6, 6.07) is 4.69. The number of nitrogens with zero attached hydrogens (tertiary/aromatic N) is 1. The summed E-state index contributed by atoms with van der Waals surface area (Å²) < 4.78 is 13.6. The van der Waals surface area contributed by atoms with Gasteiger partial charge in [0.05, 0.1) is 6.42 Å². The lowest BCUT2D eigenvalue weighted by Crippen LogP contribution is -2.32. The molecular formula is C13H17ClFNO2. The minimum Gasteiger partial charge on any atom is -0.481 e. The van der Waals surface area contributed by atoms with Gasteiger partial charge in [-0.25, -0.2) is 4.39 Å². The Bertz CT molecular complexity index is 423. The Labute approximate surface area is 111 Å². The summed E-state index contributed by atoms with van der Waals surface area (Å²) in [6.07, 6.45) is 0.0490. The molecule has 1 rings (SSSR count). The van der Waals surface area contributed by atoms with Crippen molar-refractivity contribution >= 4 is 17.6 Å². The zero-order valence-electron chi connectivity index (χ0n) is 10.5. The number of hydrogen-bond acceptors (Lipinski definition) is 2. The number of aliphatic carboxylic acids is 1. The first-order chi connectivity index (χ1) is 8.40. The molecule has 0 saturated carbocycles. The number of rotatable bonds is 6. The van der Waals surface area contributed by atoms with Crippen molar-refractivity contribution in [2.24, 2.45) is 0 Å². The molecule has 0 aliphatic heterocycles. The molecule has 100 valence electrons. The number of carboxylic acid groups (broad SMARTS) is 1. The van der Waals surface area contributed by atoms with Crippen LogP contribution in [0.5, 0.6) is 0 Å². The van der Waals surface area contributed by atoms with Crippen LogP contribution in [0.4, 0.5) is 4.39 Å². The largest absolute Gasteiger partial charge is 0.481 e. The second kappa shape index (κ2) is 6.71. The van der Waals surface area contributed by atoms with Crippen LogP contribution in [-0.2, 0) is 11.3 Å². The Balaban J connectivity index is 2.73. The molecule has 0 radical (unpaired) electrons. The Morgan fingerprint density at radius 2 is 2.17 bits per heavy atom. The fourth-order valence-electron chi connectivity index (χ4n) is 1.63. The van der Waals surface area contributed by atoms with Crippen LogP contribution in [0.15, 0.2) is 18.2 Å². The summed E-state index contributed by atoms with van der Waals surface area (Å²) in [5.41, 5.74) is 0.526. The zero-order chi connectivity index (χ0) is 13.7. The van der Waals surface area contributed by atoms with Crippen molar-refractivity contribution in [2.75, 3.05) is 6.54 Å². The molecule has 0 atom stereocenters. The average Bonchev–Trinajstić information content (AvgIpc) is 2.26. The van der Waals surface area contributed by atoms with Crippen LogP contribution in [0, 0.1) is 5.82 Å². The maximum atomic E-state index is 13.6. The summed E-state index contributed by atoms with van der Waals surface area (Å²) in [6.45, 7) is 4.69. The first-order valence-corrected chi connectivity index (χ1v) is 6.17. The highest BCUT2D eigenvalue weighted by Crippen LogP contribution is 2.17. The Hall–Kier alpha value is -1.13. The topological polar surface area (TPSA) is 40.5 Å². The molecule has 5 heteroatoms. The fourth-order valence-corrected chi connectivity index (χ4v) is 1.79. The molecule has 0 fully saturated rings. The van der Waals surface area contributed by atoms with Gasteiger partial charge in [-0.2, -0.15) is 0 Å². The maximum Gasteiger partial charge on any atom is 0.304 e. The standard InChI is InChI=1S/C13H17ClFNO2/c1-9(2)16(6-5-13(17)18)8-10-3-4-11(14)7-12(10)15/h3-4,7,9H,5-6,8H2,1-2H3,(H,17,18). The van der Waals surface area contributed by atoms with Crippen molar-refractivity contribution in [3.05, 3.63) is 34.6 Å². The van der Waals surface area contributed by atoms with E-state index in [0.717, 1.165) is 0 Å². The molecular weight excluding hydrogens is 257 g/mol. The third-order valence-electron chi connectivity index (χ3n) is 2.73. The quantitative estimate of drug-likeness (QED) is 0.865. The maximum absolute atomic E-state index is 13.6. The third-order valence-corrected chi connectivity index (χ3v) is 2.97. The van der Waals surface area contributed by atoms with Crippen LogP contribution >= 0.6 is 11.6 Å².